The minimum absolute atomic E-state index is 0.610. The molecule has 18 heavy (non-hydrogen) atoms. The molecule has 1 aliphatic rings. The van der Waals surface area contributed by atoms with Gasteiger partial charge in [0, 0.05) is 25.7 Å². The standard InChI is InChI=1S/C15H24N2O/c16-12-15-8-4-9-17(15)10-5-11-18-13-14-6-2-1-3-7-14/h1-3,6-7,15H,4-5,8-13,16H2. The molecule has 0 saturated carbocycles. The highest BCUT2D eigenvalue weighted by Crippen LogP contribution is 2.16. The van der Waals surface area contributed by atoms with Crippen LogP contribution in [0.25, 0.3) is 0 Å². The van der Waals surface area contributed by atoms with E-state index in [2.05, 4.69) is 29.2 Å². The molecule has 1 unspecified atom stereocenters. The summed E-state index contributed by atoms with van der Waals surface area (Å²) >= 11 is 0. The van der Waals surface area contributed by atoms with Crippen LogP contribution < -0.4 is 5.73 Å². The molecule has 0 radical (unpaired) electrons. The zero-order chi connectivity index (χ0) is 12.6. The van der Waals surface area contributed by atoms with E-state index in [0.717, 1.165) is 32.7 Å². The van der Waals surface area contributed by atoms with Gasteiger partial charge in [-0.3, -0.25) is 4.90 Å². The molecule has 0 aliphatic carbocycles. The third-order valence-corrected chi connectivity index (χ3v) is 3.62. The zero-order valence-electron chi connectivity index (χ0n) is 11.1. The summed E-state index contributed by atoms with van der Waals surface area (Å²) in [6.07, 6.45) is 3.66. The highest BCUT2D eigenvalue weighted by Gasteiger charge is 2.21. The number of ether oxygens (including phenoxy) is 1. The van der Waals surface area contributed by atoms with Crippen molar-refractivity contribution < 1.29 is 4.74 Å². The van der Waals surface area contributed by atoms with Gasteiger partial charge in [0.1, 0.15) is 0 Å². The van der Waals surface area contributed by atoms with Gasteiger partial charge in [-0.15, -0.1) is 0 Å². The Morgan fingerprint density at radius 1 is 1.28 bits per heavy atom. The monoisotopic (exact) mass is 248 g/mol. The quantitative estimate of drug-likeness (QED) is 0.750. The van der Waals surface area contributed by atoms with Crippen LogP contribution in [-0.2, 0) is 11.3 Å². The molecule has 3 nitrogen and oxygen atoms in total. The molecule has 1 saturated heterocycles. The normalized spacial score (nSPS) is 20.4. The summed E-state index contributed by atoms with van der Waals surface area (Å²) in [4.78, 5) is 2.51. The van der Waals surface area contributed by atoms with Crippen LogP contribution in [0.2, 0.25) is 0 Å². The van der Waals surface area contributed by atoms with E-state index in [1.807, 2.05) is 6.07 Å². The molecule has 1 heterocycles. The lowest BCUT2D eigenvalue weighted by Gasteiger charge is -2.22. The van der Waals surface area contributed by atoms with E-state index in [1.54, 1.807) is 0 Å². The van der Waals surface area contributed by atoms with Gasteiger partial charge in [0.05, 0.1) is 6.61 Å². The molecule has 100 valence electrons. The number of benzene rings is 1. The Morgan fingerprint density at radius 2 is 2.11 bits per heavy atom. The lowest BCUT2D eigenvalue weighted by atomic mass is 10.2. The summed E-state index contributed by atoms with van der Waals surface area (Å²) in [5.41, 5.74) is 7.01. The van der Waals surface area contributed by atoms with Crippen molar-refractivity contribution in [3.8, 4) is 0 Å². The van der Waals surface area contributed by atoms with Crippen molar-refractivity contribution in [2.75, 3.05) is 26.2 Å². The van der Waals surface area contributed by atoms with E-state index in [4.69, 9.17) is 10.5 Å². The fourth-order valence-corrected chi connectivity index (χ4v) is 2.59. The van der Waals surface area contributed by atoms with Gasteiger partial charge in [-0.25, -0.2) is 0 Å². The first kappa shape index (κ1) is 13.5. The topological polar surface area (TPSA) is 38.5 Å². The molecule has 0 spiro atoms. The van der Waals surface area contributed by atoms with Gasteiger partial charge >= 0.3 is 0 Å². The summed E-state index contributed by atoms with van der Waals surface area (Å²) in [7, 11) is 0. The Kier molecular flexibility index (Phi) is 5.65. The molecule has 0 aromatic heterocycles. The number of likely N-dealkylation sites (tertiary alicyclic amines) is 1. The second-order valence-electron chi connectivity index (χ2n) is 4.96. The van der Waals surface area contributed by atoms with E-state index in [9.17, 15) is 0 Å². The summed E-state index contributed by atoms with van der Waals surface area (Å²) in [6.45, 7) is 4.69. The second kappa shape index (κ2) is 7.52. The molecule has 2 N–H and O–H groups in total. The zero-order valence-corrected chi connectivity index (χ0v) is 11.1. The highest BCUT2D eigenvalue weighted by atomic mass is 16.5. The van der Waals surface area contributed by atoms with Gasteiger partial charge in [0.2, 0.25) is 0 Å². The van der Waals surface area contributed by atoms with Crippen molar-refractivity contribution in [2.24, 2.45) is 5.73 Å². The van der Waals surface area contributed by atoms with Crippen LogP contribution in [0.5, 0.6) is 0 Å². The minimum atomic E-state index is 0.610. The first-order chi connectivity index (χ1) is 8.90. The van der Waals surface area contributed by atoms with Gasteiger partial charge < -0.3 is 10.5 Å². The molecular weight excluding hydrogens is 224 g/mol. The van der Waals surface area contributed by atoms with Crippen LogP contribution in [-0.4, -0.2) is 37.2 Å². The average molecular weight is 248 g/mol. The van der Waals surface area contributed by atoms with Crippen molar-refractivity contribution in [3.05, 3.63) is 35.9 Å². The first-order valence-corrected chi connectivity index (χ1v) is 6.96. The minimum Gasteiger partial charge on any atom is -0.377 e. The molecule has 0 bridgehead atoms. The van der Waals surface area contributed by atoms with Crippen molar-refractivity contribution in [1.29, 1.82) is 0 Å². The number of nitrogens with two attached hydrogens (primary N) is 1. The summed E-state index contributed by atoms with van der Waals surface area (Å²) in [5, 5.41) is 0. The molecule has 1 aliphatic heterocycles. The van der Waals surface area contributed by atoms with Gasteiger partial charge in [-0.2, -0.15) is 0 Å². The molecule has 1 aromatic carbocycles. The predicted molar refractivity (Wildman–Crippen MR) is 74.4 cm³/mol. The van der Waals surface area contributed by atoms with Crippen molar-refractivity contribution in [2.45, 2.75) is 31.9 Å². The largest absolute Gasteiger partial charge is 0.377 e. The number of hydrogen-bond donors (Lipinski definition) is 1. The van der Waals surface area contributed by atoms with Crippen LogP contribution in [0, 0.1) is 0 Å². The molecule has 3 heteroatoms. The van der Waals surface area contributed by atoms with E-state index < -0.39 is 0 Å². The van der Waals surface area contributed by atoms with Crippen LogP contribution in [0.1, 0.15) is 24.8 Å². The third kappa shape index (κ3) is 4.09. The van der Waals surface area contributed by atoms with Crippen LogP contribution in [0.4, 0.5) is 0 Å². The maximum absolute atomic E-state index is 5.76. The first-order valence-electron chi connectivity index (χ1n) is 6.96. The lowest BCUT2D eigenvalue weighted by molar-refractivity contribution is 0.107. The molecule has 2 rings (SSSR count). The molecular formula is C15H24N2O. The molecule has 1 aromatic rings. The molecule has 0 amide bonds. The Bertz CT molecular complexity index is 329. The number of nitrogens with zero attached hydrogens (tertiary/aromatic N) is 1. The average Bonchev–Trinajstić information content (AvgIpc) is 2.87. The van der Waals surface area contributed by atoms with Crippen molar-refractivity contribution >= 4 is 0 Å². The highest BCUT2D eigenvalue weighted by molar-refractivity contribution is 5.13. The Hall–Kier alpha value is -0.900. The molecule has 1 atom stereocenters. The SMILES string of the molecule is NCC1CCCN1CCCOCc1ccccc1. The fourth-order valence-electron chi connectivity index (χ4n) is 2.59. The van der Waals surface area contributed by atoms with Gasteiger partial charge in [-0.1, -0.05) is 30.3 Å². The van der Waals surface area contributed by atoms with Crippen LogP contribution in [0.15, 0.2) is 30.3 Å². The van der Waals surface area contributed by atoms with E-state index in [0.29, 0.717) is 6.04 Å². The lowest BCUT2D eigenvalue weighted by Crippen LogP contribution is -2.36. The smallest absolute Gasteiger partial charge is 0.0716 e. The van der Waals surface area contributed by atoms with Crippen molar-refractivity contribution in [1.82, 2.24) is 4.90 Å². The fraction of sp³-hybridized carbons (Fsp3) is 0.600. The summed E-state index contributed by atoms with van der Waals surface area (Å²) in [5.74, 6) is 0. The Labute approximate surface area is 110 Å². The molecule has 1 fully saturated rings. The second-order valence-corrected chi connectivity index (χ2v) is 4.96. The van der Waals surface area contributed by atoms with Gasteiger partial charge in [0.15, 0.2) is 0 Å². The predicted octanol–water partition coefficient (Wildman–Crippen LogP) is 2.02. The van der Waals surface area contributed by atoms with E-state index in [1.165, 1.54) is 24.9 Å². The maximum atomic E-state index is 5.76. The van der Waals surface area contributed by atoms with Gasteiger partial charge in [-0.05, 0) is 31.4 Å². The Balaban J connectivity index is 1.56. The summed E-state index contributed by atoms with van der Waals surface area (Å²) < 4.78 is 5.69. The Morgan fingerprint density at radius 3 is 2.89 bits per heavy atom. The number of rotatable bonds is 7. The van der Waals surface area contributed by atoms with E-state index >= 15 is 0 Å². The van der Waals surface area contributed by atoms with E-state index in [-0.39, 0.29) is 0 Å². The van der Waals surface area contributed by atoms with Gasteiger partial charge in [0.25, 0.3) is 0 Å². The summed E-state index contributed by atoms with van der Waals surface area (Å²) in [6, 6.07) is 10.9. The van der Waals surface area contributed by atoms with Crippen LogP contribution >= 0.6 is 0 Å². The van der Waals surface area contributed by atoms with Crippen molar-refractivity contribution in [3.63, 3.8) is 0 Å². The third-order valence-electron chi connectivity index (χ3n) is 3.62. The maximum Gasteiger partial charge on any atom is 0.0716 e. The number of hydrogen-bond acceptors (Lipinski definition) is 3. The van der Waals surface area contributed by atoms with Crippen LogP contribution in [0.3, 0.4) is 0 Å².